The number of rotatable bonds is 5. The van der Waals surface area contributed by atoms with Crippen molar-refractivity contribution >= 4 is 23.6 Å². The SMILES string of the molecule is CCOC(=O)N1CCc2c(nc(-c3ccc(NC(=O)NC4CC4)cc3)nc2N2CCOC[C@@H]2C)C1. The standard InChI is InChI=1S/C25H32N6O4/c1-3-35-25(33)30-11-10-20-21(14-30)28-22(29-23(20)31-12-13-34-15-16(31)2)17-4-6-18(7-5-17)26-24(32)27-19-8-9-19/h4-7,16,19H,3,8-15H2,1-2H3,(H2,26,27,32)/t16-/m0/s1. The number of carbonyl (C=O) groups is 2. The monoisotopic (exact) mass is 480 g/mol. The van der Waals surface area contributed by atoms with Gasteiger partial charge in [0.25, 0.3) is 0 Å². The van der Waals surface area contributed by atoms with Gasteiger partial charge in [0.15, 0.2) is 5.82 Å². The van der Waals surface area contributed by atoms with E-state index < -0.39 is 0 Å². The van der Waals surface area contributed by atoms with Crippen molar-refractivity contribution in [3.05, 3.63) is 35.5 Å². The van der Waals surface area contributed by atoms with Crippen molar-refractivity contribution in [2.24, 2.45) is 0 Å². The van der Waals surface area contributed by atoms with Gasteiger partial charge in [-0.15, -0.1) is 0 Å². The average Bonchev–Trinajstić information content (AvgIpc) is 3.68. The van der Waals surface area contributed by atoms with Gasteiger partial charge in [0.1, 0.15) is 5.82 Å². The molecular formula is C25H32N6O4. The number of nitrogens with zero attached hydrogens (tertiary/aromatic N) is 4. The number of morpholine rings is 1. The molecule has 0 bridgehead atoms. The lowest BCUT2D eigenvalue weighted by Crippen LogP contribution is -2.46. The molecule has 3 heterocycles. The van der Waals surface area contributed by atoms with Gasteiger partial charge in [-0.05, 0) is 57.4 Å². The van der Waals surface area contributed by atoms with Gasteiger partial charge in [0.2, 0.25) is 0 Å². The Kier molecular flexibility index (Phi) is 6.72. The summed E-state index contributed by atoms with van der Waals surface area (Å²) in [5.74, 6) is 1.51. The first-order valence-corrected chi connectivity index (χ1v) is 12.4. The third-order valence-electron chi connectivity index (χ3n) is 6.52. The molecule has 0 unspecified atom stereocenters. The molecular weight excluding hydrogens is 448 g/mol. The molecule has 10 heteroatoms. The smallest absolute Gasteiger partial charge is 0.410 e. The van der Waals surface area contributed by atoms with Crippen LogP contribution in [0.15, 0.2) is 24.3 Å². The van der Waals surface area contributed by atoms with Crippen LogP contribution in [0.3, 0.4) is 0 Å². The lowest BCUT2D eigenvalue weighted by molar-refractivity contribution is 0.0975. The first-order valence-electron chi connectivity index (χ1n) is 12.4. The molecule has 5 rings (SSSR count). The number of ether oxygens (including phenoxy) is 2. The Bertz CT molecular complexity index is 1090. The third kappa shape index (κ3) is 5.32. The third-order valence-corrected chi connectivity index (χ3v) is 6.52. The van der Waals surface area contributed by atoms with Crippen molar-refractivity contribution in [2.45, 2.75) is 51.7 Å². The van der Waals surface area contributed by atoms with Crippen molar-refractivity contribution in [1.29, 1.82) is 0 Å². The number of carbonyl (C=O) groups excluding carboxylic acids is 2. The van der Waals surface area contributed by atoms with E-state index in [9.17, 15) is 9.59 Å². The Morgan fingerprint density at radius 3 is 2.69 bits per heavy atom. The van der Waals surface area contributed by atoms with Crippen LogP contribution >= 0.6 is 0 Å². The number of fused-ring (bicyclic) bond motifs is 1. The fourth-order valence-corrected chi connectivity index (χ4v) is 4.47. The van der Waals surface area contributed by atoms with E-state index in [1.165, 1.54) is 0 Å². The second kappa shape index (κ2) is 10.1. The molecule has 2 aromatic rings. The van der Waals surface area contributed by atoms with Crippen LogP contribution in [-0.2, 0) is 22.4 Å². The maximum Gasteiger partial charge on any atom is 0.410 e. The van der Waals surface area contributed by atoms with Crippen LogP contribution in [0.25, 0.3) is 11.4 Å². The summed E-state index contributed by atoms with van der Waals surface area (Å²) in [4.78, 5) is 38.3. The van der Waals surface area contributed by atoms with Gasteiger partial charge in [-0.1, -0.05) is 0 Å². The van der Waals surface area contributed by atoms with Gasteiger partial charge in [0, 0.05) is 35.9 Å². The highest BCUT2D eigenvalue weighted by atomic mass is 16.6. The van der Waals surface area contributed by atoms with E-state index in [4.69, 9.17) is 19.4 Å². The quantitative estimate of drug-likeness (QED) is 0.677. The molecule has 0 spiro atoms. The second-order valence-electron chi connectivity index (χ2n) is 9.23. The highest BCUT2D eigenvalue weighted by Gasteiger charge is 2.30. The lowest BCUT2D eigenvalue weighted by atomic mass is 10.0. The number of nitrogens with one attached hydrogen (secondary N) is 2. The van der Waals surface area contributed by atoms with E-state index in [-0.39, 0.29) is 18.2 Å². The first-order chi connectivity index (χ1) is 17.0. The van der Waals surface area contributed by atoms with Crippen LogP contribution in [-0.4, -0.2) is 72.0 Å². The molecule has 2 fully saturated rings. The summed E-state index contributed by atoms with van der Waals surface area (Å²) in [6.45, 7) is 7.29. The molecule has 3 amide bonds. The second-order valence-corrected chi connectivity index (χ2v) is 9.23. The normalized spacial score (nSPS) is 19.7. The fourth-order valence-electron chi connectivity index (χ4n) is 4.47. The molecule has 10 nitrogen and oxygen atoms in total. The summed E-state index contributed by atoms with van der Waals surface area (Å²) in [5, 5.41) is 5.79. The molecule has 186 valence electrons. The minimum absolute atomic E-state index is 0.187. The molecule has 35 heavy (non-hydrogen) atoms. The topological polar surface area (TPSA) is 109 Å². The Morgan fingerprint density at radius 2 is 1.97 bits per heavy atom. The summed E-state index contributed by atoms with van der Waals surface area (Å²) >= 11 is 0. The van der Waals surface area contributed by atoms with E-state index in [1.54, 1.807) is 4.90 Å². The zero-order valence-corrected chi connectivity index (χ0v) is 20.2. The van der Waals surface area contributed by atoms with Crippen molar-refractivity contribution in [3.63, 3.8) is 0 Å². The summed E-state index contributed by atoms with van der Waals surface area (Å²) < 4.78 is 10.9. The Hall–Kier alpha value is -3.40. The maximum absolute atomic E-state index is 12.4. The molecule has 1 aliphatic carbocycles. The van der Waals surface area contributed by atoms with Gasteiger partial charge in [0.05, 0.1) is 38.1 Å². The average molecular weight is 481 g/mol. The zero-order valence-electron chi connectivity index (χ0n) is 20.2. The maximum atomic E-state index is 12.4. The van der Waals surface area contributed by atoms with Crippen molar-refractivity contribution in [2.75, 3.05) is 43.1 Å². The lowest BCUT2D eigenvalue weighted by Gasteiger charge is -2.37. The Morgan fingerprint density at radius 1 is 1.17 bits per heavy atom. The molecule has 2 aliphatic heterocycles. The van der Waals surface area contributed by atoms with Gasteiger partial charge in [-0.2, -0.15) is 0 Å². The van der Waals surface area contributed by atoms with Crippen LogP contribution in [0.2, 0.25) is 0 Å². The highest BCUT2D eigenvalue weighted by Crippen LogP contribution is 2.32. The number of urea groups is 1. The number of benzene rings is 1. The summed E-state index contributed by atoms with van der Waals surface area (Å²) in [6.07, 6.45) is 2.44. The first kappa shape index (κ1) is 23.3. The van der Waals surface area contributed by atoms with Gasteiger partial charge < -0.3 is 29.9 Å². The molecule has 1 atom stereocenters. The van der Waals surface area contributed by atoms with Gasteiger partial charge in [-0.3, -0.25) is 0 Å². The van der Waals surface area contributed by atoms with Gasteiger partial charge in [-0.25, -0.2) is 19.6 Å². The number of hydrogen-bond donors (Lipinski definition) is 2. The Labute approximate surface area is 205 Å². The number of hydrogen-bond acceptors (Lipinski definition) is 7. The largest absolute Gasteiger partial charge is 0.450 e. The van der Waals surface area contributed by atoms with E-state index >= 15 is 0 Å². The molecule has 1 aromatic heterocycles. The summed E-state index contributed by atoms with van der Waals surface area (Å²) in [5.41, 5.74) is 3.48. The van der Waals surface area contributed by atoms with Crippen LogP contribution in [0.1, 0.15) is 37.9 Å². The number of amides is 3. The zero-order chi connectivity index (χ0) is 24.4. The van der Waals surface area contributed by atoms with E-state index in [1.807, 2.05) is 31.2 Å². The summed E-state index contributed by atoms with van der Waals surface area (Å²) in [6, 6.07) is 7.83. The van der Waals surface area contributed by atoms with Crippen molar-refractivity contribution in [3.8, 4) is 11.4 Å². The van der Waals surface area contributed by atoms with Crippen LogP contribution in [0.4, 0.5) is 21.1 Å². The van der Waals surface area contributed by atoms with Gasteiger partial charge >= 0.3 is 12.1 Å². The van der Waals surface area contributed by atoms with E-state index in [0.717, 1.165) is 42.0 Å². The van der Waals surface area contributed by atoms with E-state index in [2.05, 4.69) is 22.5 Å². The predicted octanol–water partition coefficient (Wildman–Crippen LogP) is 3.17. The van der Waals surface area contributed by atoms with Crippen molar-refractivity contribution < 1.29 is 19.1 Å². The molecule has 1 aromatic carbocycles. The minimum Gasteiger partial charge on any atom is -0.450 e. The molecule has 3 aliphatic rings. The predicted molar refractivity (Wildman–Crippen MR) is 131 cm³/mol. The molecule has 1 saturated carbocycles. The summed E-state index contributed by atoms with van der Waals surface area (Å²) in [7, 11) is 0. The fraction of sp³-hybridized carbons (Fsp3) is 0.520. The van der Waals surface area contributed by atoms with Crippen molar-refractivity contribution in [1.82, 2.24) is 20.2 Å². The van der Waals surface area contributed by atoms with E-state index in [0.29, 0.717) is 56.9 Å². The Balaban J connectivity index is 1.44. The van der Waals surface area contributed by atoms with Crippen LogP contribution < -0.4 is 15.5 Å². The number of aromatic nitrogens is 2. The highest BCUT2D eigenvalue weighted by molar-refractivity contribution is 5.89. The van der Waals surface area contributed by atoms with Crippen LogP contribution in [0, 0.1) is 0 Å². The number of anilines is 2. The minimum atomic E-state index is -0.320. The molecule has 0 radical (unpaired) electrons. The van der Waals surface area contributed by atoms with Crippen LogP contribution in [0.5, 0.6) is 0 Å². The molecule has 2 N–H and O–H groups in total. The molecule has 1 saturated heterocycles.